The van der Waals surface area contributed by atoms with Crippen molar-refractivity contribution in [1.29, 1.82) is 0 Å². The molecule has 1 fully saturated rings. The molecule has 0 unspecified atom stereocenters. The Morgan fingerprint density at radius 3 is 2.74 bits per heavy atom. The SMILES string of the molecule is CCCc1c(Cl)ncnc1N1CCC(C(N)=O)CC1. The van der Waals surface area contributed by atoms with E-state index in [2.05, 4.69) is 21.8 Å². The van der Waals surface area contributed by atoms with E-state index in [0.29, 0.717) is 5.15 Å². The van der Waals surface area contributed by atoms with Crippen LogP contribution < -0.4 is 10.6 Å². The summed E-state index contributed by atoms with van der Waals surface area (Å²) in [6.07, 6.45) is 4.92. The van der Waals surface area contributed by atoms with Crippen molar-refractivity contribution < 1.29 is 4.79 Å². The van der Waals surface area contributed by atoms with E-state index in [-0.39, 0.29) is 11.8 Å². The number of hydrogen-bond donors (Lipinski definition) is 1. The highest BCUT2D eigenvalue weighted by molar-refractivity contribution is 6.30. The van der Waals surface area contributed by atoms with Crippen LogP contribution in [0.25, 0.3) is 0 Å². The molecule has 2 N–H and O–H groups in total. The van der Waals surface area contributed by atoms with Crippen molar-refractivity contribution in [3.8, 4) is 0 Å². The van der Waals surface area contributed by atoms with Crippen LogP contribution in [0.15, 0.2) is 6.33 Å². The normalized spacial score (nSPS) is 16.6. The van der Waals surface area contributed by atoms with Crippen molar-refractivity contribution in [2.45, 2.75) is 32.6 Å². The molecule has 1 aliphatic rings. The van der Waals surface area contributed by atoms with Gasteiger partial charge in [0.05, 0.1) is 0 Å². The first-order valence-electron chi connectivity index (χ1n) is 6.67. The van der Waals surface area contributed by atoms with Crippen LogP contribution in [0.3, 0.4) is 0 Å². The molecule has 0 atom stereocenters. The summed E-state index contributed by atoms with van der Waals surface area (Å²) < 4.78 is 0. The number of nitrogens with two attached hydrogens (primary N) is 1. The summed E-state index contributed by atoms with van der Waals surface area (Å²) in [6, 6.07) is 0. The third-order valence-corrected chi connectivity index (χ3v) is 3.89. The van der Waals surface area contributed by atoms with E-state index < -0.39 is 0 Å². The second-order valence-corrected chi connectivity index (χ2v) is 5.24. The van der Waals surface area contributed by atoms with Crippen LogP contribution in [0, 0.1) is 5.92 Å². The van der Waals surface area contributed by atoms with E-state index >= 15 is 0 Å². The molecule has 1 saturated heterocycles. The zero-order chi connectivity index (χ0) is 13.8. The van der Waals surface area contributed by atoms with Crippen LogP contribution >= 0.6 is 11.6 Å². The number of aromatic nitrogens is 2. The number of carbonyl (C=O) groups excluding carboxylic acids is 1. The lowest BCUT2D eigenvalue weighted by molar-refractivity contribution is -0.122. The second-order valence-electron chi connectivity index (χ2n) is 4.88. The fraction of sp³-hybridized carbons (Fsp3) is 0.615. The largest absolute Gasteiger partial charge is 0.369 e. The maximum atomic E-state index is 11.2. The van der Waals surface area contributed by atoms with Crippen molar-refractivity contribution in [3.05, 3.63) is 17.0 Å². The molecule has 0 spiro atoms. The number of halogens is 1. The minimum atomic E-state index is -0.200. The van der Waals surface area contributed by atoms with Gasteiger partial charge < -0.3 is 10.6 Å². The summed E-state index contributed by atoms with van der Waals surface area (Å²) in [7, 11) is 0. The average Bonchev–Trinajstić information content (AvgIpc) is 2.41. The van der Waals surface area contributed by atoms with Crippen LogP contribution in [0.2, 0.25) is 5.15 Å². The number of rotatable bonds is 4. The van der Waals surface area contributed by atoms with Crippen LogP contribution in [0.5, 0.6) is 0 Å². The van der Waals surface area contributed by atoms with Gasteiger partial charge in [0.15, 0.2) is 0 Å². The number of piperidine rings is 1. The smallest absolute Gasteiger partial charge is 0.220 e. The molecule has 104 valence electrons. The van der Waals surface area contributed by atoms with Crippen molar-refractivity contribution >= 4 is 23.3 Å². The third kappa shape index (κ3) is 3.15. The van der Waals surface area contributed by atoms with Crippen LogP contribution in [-0.2, 0) is 11.2 Å². The molecule has 0 aromatic carbocycles. The van der Waals surface area contributed by atoms with Gasteiger partial charge in [-0.15, -0.1) is 0 Å². The lowest BCUT2D eigenvalue weighted by atomic mass is 9.96. The molecule has 0 bridgehead atoms. The molecule has 2 heterocycles. The topological polar surface area (TPSA) is 72.1 Å². The Kier molecular flexibility index (Phi) is 4.58. The lowest BCUT2D eigenvalue weighted by Crippen LogP contribution is -2.39. The van der Waals surface area contributed by atoms with Gasteiger partial charge in [0.25, 0.3) is 0 Å². The van der Waals surface area contributed by atoms with Gasteiger partial charge in [-0.1, -0.05) is 24.9 Å². The van der Waals surface area contributed by atoms with E-state index in [0.717, 1.165) is 50.2 Å². The Balaban J connectivity index is 2.15. The zero-order valence-electron chi connectivity index (χ0n) is 11.1. The maximum Gasteiger partial charge on any atom is 0.220 e. The number of nitrogens with zero attached hydrogens (tertiary/aromatic N) is 3. The average molecular weight is 283 g/mol. The highest BCUT2D eigenvalue weighted by atomic mass is 35.5. The van der Waals surface area contributed by atoms with E-state index in [9.17, 15) is 4.79 Å². The van der Waals surface area contributed by atoms with Crippen molar-refractivity contribution in [2.24, 2.45) is 11.7 Å². The highest BCUT2D eigenvalue weighted by Gasteiger charge is 2.25. The molecular weight excluding hydrogens is 264 g/mol. The molecule has 6 heteroatoms. The molecule has 1 aromatic heterocycles. The molecule has 1 aliphatic heterocycles. The van der Waals surface area contributed by atoms with Crippen LogP contribution in [0.1, 0.15) is 31.7 Å². The van der Waals surface area contributed by atoms with Crippen molar-refractivity contribution in [3.63, 3.8) is 0 Å². The van der Waals surface area contributed by atoms with Gasteiger partial charge >= 0.3 is 0 Å². The number of primary amides is 1. The number of amides is 1. The van der Waals surface area contributed by atoms with Gasteiger partial charge in [0, 0.05) is 24.6 Å². The predicted molar refractivity (Wildman–Crippen MR) is 75.2 cm³/mol. The van der Waals surface area contributed by atoms with Gasteiger partial charge in [-0.05, 0) is 19.3 Å². The summed E-state index contributed by atoms with van der Waals surface area (Å²) in [4.78, 5) is 21.8. The van der Waals surface area contributed by atoms with Gasteiger partial charge in [0.1, 0.15) is 17.3 Å². The van der Waals surface area contributed by atoms with Gasteiger partial charge in [-0.2, -0.15) is 0 Å². The van der Waals surface area contributed by atoms with Crippen LogP contribution in [-0.4, -0.2) is 29.0 Å². The van der Waals surface area contributed by atoms with E-state index in [4.69, 9.17) is 17.3 Å². The van der Waals surface area contributed by atoms with Gasteiger partial charge in [0.2, 0.25) is 5.91 Å². The predicted octanol–water partition coefficient (Wildman–Crippen LogP) is 1.78. The lowest BCUT2D eigenvalue weighted by Gasteiger charge is -2.32. The minimum absolute atomic E-state index is 0.0109. The first-order valence-corrected chi connectivity index (χ1v) is 7.05. The van der Waals surface area contributed by atoms with E-state index in [1.807, 2.05) is 0 Å². The quantitative estimate of drug-likeness (QED) is 0.855. The molecular formula is C13H19ClN4O. The molecule has 2 rings (SSSR count). The number of hydrogen-bond acceptors (Lipinski definition) is 4. The molecule has 19 heavy (non-hydrogen) atoms. The second kappa shape index (κ2) is 6.19. The van der Waals surface area contributed by atoms with Gasteiger partial charge in [-0.25, -0.2) is 9.97 Å². The van der Waals surface area contributed by atoms with Crippen LogP contribution in [0.4, 0.5) is 5.82 Å². The van der Waals surface area contributed by atoms with Crippen molar-refractivity contribution in [2.75, 3.05) is 18.0 Å². The van der Waals surface area contributed by atoms with E-state index in [1.54, 1.807) is 0 Å². The first kappa shape index (κ1) is 14.1. The molecule has 0 saturated carbocycles. The Morgan fingerprint density at radius 2 is 2.16 bits per heavy atom. The summed E-state index contributed by atoms with van der Waals surface area (Å²) >= 11 is 6.15. The Bertz CT molecular complexity index is 458. The first-order chi connectivity index (χ1) is 9.13. The third-order valence-electron chi connectivity index (χ3n) is 3.57. The summed E-state index contributed by atoms with van der Waals surface area (Å²) in [6.45, 7) is 3.68. The number of carbonyl (C=O) groups is 1. The molecule has 5 nitrogen and oxygen atoms in total. The summed E-state index contributed by atoms with van der Waals surface area (Å²) in [5.41, 5.74) is 6.35. The molecule has 1 aromatic rings. The maximum absolute atomic E-state index is 11.2. The Morgan fingerprint density at radius 1 is 1.47 bits per heavy atom. The summed E-state index contributed by atoms with van der Waals surface area (Å²) in [5, 5.41) is 0.531. The molecule has 0 radical (unpaired) electrons. The highest BCUT2D eigenvalue weighted by Crippen LogP contribution is 2.28. The van der Waals surface area contributed by atoms with Crippen molar-refractivity contribution in [1.82, 2.24) is 9.97 Å². The van der Waals surface area contributed by atoms with E-state index in [1.165, 1.54) is 6.33 Å². The Labute approximate surface area is 118 Å². The monoisotopic (exact) mass is 282 g/mol. The fourth-order valence-electron chi connectivity index (χ4n) is 2.50. The standard InChI is InChI=1S/C13H19ClN4O/c1-2-3-10-11(14)16-8-17-13(10)18-6-4-9(5-7-18)12(15)19/h8-9H,2-7H2,1H3,(H2,15,19). The molecule has 1 amide bonds. The number of anilines is 1. The zero-order valence-corrected chi connectivity index (χ0v) is 11.9. The molecule has 0 aliphatic carbocycles. The summed E-state index contributed by atoms with van der Waals surface area (Å²) in [5.74, 6) is 0.696. The fourth-order valence-corrected chi connectivity index (χ4v) is 2.72. The minimum Gasteiger partial charge on any atom is -0.369 e. The van der Waals surface area contributed by atoms with Gasteiger partial charge in [-0.3, -0.25) is 4.79 Å². The Hall–Kier alpha value is -1.36.